The molecule has 4 heteroatoms. The fourth-order valence-corrected chi connectivity index (χ4v) is 2.45. The molecule has 1 N–H and O–H groups in total. The highest BCUT2D eigenvalue weighted by atomic mass is 15.2. The highest BCUT2D eigenvalue weighted by Gasteiger charge is 2.09. The first-order valence-electron chi connectivity index (χ1n) is 7.80. The van der Waals surface area contributed by atoms with Gasteiger partial charge in [0.2, 0.25) is 5.95 Å². The molecule has 0 amide bonds. The predicted octanol–water partition coefficient (Wildman–Crippen LogP) is 4.25. The Kier molecular flexibility index (Phi) is 4.84. The summed E-state index contributed by atoms with van der Waals surface area (Å²) in [6, 6.07) is 22.4. The number of hydrogen-bond acceptors (Lipinski definition) is 4. The number of rotatable bonds is 6. The fourth-order valence-electron chi connectivity index (χ4n) is 2.45. The van der Waals surface area contributed by atoms with Gasteiger partial charge in [-0.15, -0.1) is 0 Å². The first-order chi connectivity index (χ1) is 11.4. The van der Waals surface area contributed by atoms with E-state index in [4.69, 9.17) is 0 Å². The summed E-state index contributed by atoms with van der Waals surface area (Å²) in [6.07, 6.45) is 1.79. The van der Waals surface area contributed by atoms with Gasteiger partial charge in [-0.3, -0.25) is 0 Å². The number of nitrogens with one attached hydrogen (secondary N) is 1. The average molecular weight is 304 g/mol. The number of para-hydroxylation sites is 1. The molecule has 116 valence electrons. The molecule has 3 aromatic rings. The van der Waals surface area contributed by atoms with Crippen molar-refractivity contribution in [2.45, 2.75) is 13.5 Å². The summed E-state index contributed by atoms with van der Waals surface area (Å²) in [5.74, 6) is 1.53. The minimum atomic E-state index is 0.640. The van der Waals surface area contributed by atoms with E-state index in [9.17, 15) is 0 Å². The van der Waals surface area contributed by atoms with Crippen LogP contribution in [0.25, 0.3) is 0 Å². The van der Waals surface area contributed by atoms with Gasteiger partial charge in [0.15, 0.2) is 0 Å². The molecule has 0 aliphatic heterocycles. The van der Waals surface area contributed by atoms with Crippen LogP contribution in [0.3, 0.4) is 0 Å². The van der Waals surface area contributed by atoms with Gasteiger partial charge in [-0.2, -0.15) is 4.98 Å². The summed E-state index contributed by atoms with van der Waals surface area (Å²) in [4.78, 5) is 11.1. The van der Waals surface area contributed by atoms with Crippen molar-refractivity contribution in [2.24, 2.45) is 0 Å². The molecule has 4 nitrogen and oxygen atoms in total. The topological polar surface area (TPSA) is 41.1 Å². The third-order valence-corrected chi connectivity index (χ3v) is 3.59. The van der Waals surface area contributed by atoms with Crippen LogP contribution in [0.15, 0.2) is 72.9 Å². The van der Waals surface area contributed by atoms with Crippen molar-refractivity contribution in [1.82, 2.24) is 9.97 Å². The van der Waals surface area contributed by atoms with E-state index in [1.54, 1.807) is 6.20 Å². The lowest BCUT2D eigenvalue weighted by Crippen LogP contribution is -2.18. The Morgan fingerprint density at radius 2 is 1.61 bits per heavy atom. The predicted molar refractivity (Wildman–Crippen MR) is 94.9 cm³/mol. The molecule has 0 fully saturated rings. The Morgan fingerprint density at radius 1 is 0.913 bits per heavy atom. The molecular weight excluding hydrogens is 284 g/mol. The van der Waals surface area contributed by atoms with Crippen LogP contribution in [-0.2, 0) is 6.54 Å². The molecule has 0 saturated heterocycles. The van der Waals surface area contributed by atoms with Gasteiger partial charge in [0.1, 0.15) is 5.82 Å². The maximum Gasteiger partial charge on any atom is 0.224 e. The maximum absolute atomic E-state index is 4.64. The summed E-state index contributed by atoms with van der Waals surface area (Å²) in [5, 5.41) is 3.28. The molecule has 0 atom stereocenters. The SMILES string of the molecule is CCN(c1ccccc1)c1ccnc(NCc2ccccc2)n1. The van der Waals surface area contributed by atoms with Gasteiger partial charge in [-0.1, -0.05) is 48.5 Å². The van der Waals surface area contributed by atoms with Crippen LogP contribution in [0, 0.1) is 0 Å². The molecule has 3 rings (SSSR count). The lowest BCUT2D eigenvalue weighted by molar-refractivity contribution is 0.966. The van der Waals surface area contributed by atoms with Gasteiger partial charge in [-0.05, 0) is 30.7 Å². The van der Waals surface area contributed by atoms with Crippen LogP contribution >= 0.6 is 0 Å². The number of anilines is 3. The van der Waals surface area contributed by atoms with Crippen molar-refractivity contribution in [1.29, 1.82) is 0 Å². The summed E-state index contributed by atoms with van der Waals surface area (Å²) < 4.78 is 0. The zero-order chi connectivity index (χ0) is 15.9. The zero-order valence-electron chi connectivity index (χ0n) is 13.2. The first kappa shape index (κ1) is 15.0. The smallest absolute Gasteiger partial charge is 0.224 e. The molecule has 0 unspecified atom stereocenters. The molecule has 0 bridgehead atoms. The van der Waals surface area contributed by atoms with Gasteiger partial charge in [-0.25, -0.2) is 4.98 Å². The van der Waals surface area contributed by atoms with E-state index in [0.29, 0.717) is 12.5 Å². The molecule has 1 heterocycles. The highest BCUT2D eigenvalue weighted by molar-refractivity contribution is 5.60. The molecule has 2 aromatic carbocycles. The fraction of sp³-hybridized carbons (Fsp3) is 0.158. The third kappa shape index (κ3) is 3.86. The van der Waals surface area contributed by atoms with E-state index in [-0.39, 0.29) is 0 Å². The van der Waals surface area contributed by atoms with Crippen LogP contribution in [-0.4, -0.2) is 16.5 Å². The standard InChI is InChI=1S/C19H20N4/c1-2-23(17-11-7-4-8-12-17)18-13-14-20-19(22-18)21-15-16-9-5-3-6-10-16/h3-14H,2,15H2,1H3,(H,20,21,22). The Labute approximate surface area is 136 Å². The van der Waals surface area contributed by atoms with E-state index in [1.165, 1.54) is 5.56 Å². The van der Waals surface area contributed by atoms with E-state index >= 15 is 0 Å². The summed E-state index contributed by atoms with van der Waals surface area (Å²) >= 11 is 0. The van der Waals surface area contributed by atoms with Crippen LogP contribution in [0.2, 0.25) is 0 Å². The van der Waals surface area contributed by atoms with Gasteiger partial charge in [0.05, 0.1) is 0 Å². The van der Waals surface area contributed by atoms with E-state index < -0.39 is 0 Å². The van der Waals surface area contributed by atoms with Gasteiger partial charge < -0.3 is 10.2 Å². The number of hydrogen-bond donors (Lipinski definition) is 1. The Morgan fingerprint density at radius 3 is 2.30 bits per heavy atom. The monoisotopic (exact) mass is 304 g/mol. The van der Waals surface area contributed by atoms with E-state index in [2.05, 4.69) is 51.4 Å². The van der Waals surface area contributed by atoms with Gasteiger partial charge in [0.25, 0.3) is 0 Å². The quantitative estimate of drug-likeness (QED) is 0.739. The Balaban J connectivity index is 1.76. The minimum Gasteiger partial charge on any atom is -0.350 e. The Bertz CT molecular complexity index is 729. The molecule has 1 aromatic heterocycles. The van der Waals surface area contributed by atoms with Crippen LogP contribution < -0.4 is 10.2 Å². The van der Waals surface area contributed by atoms with Gasteiger partial charge >= 0.3 is 0 Å². The zero-order valence-corrected chi connectivity index (χ0v) is 13.2. The van der Waals surface area contributed by atoms with Crippen molar-refractivity contribution in [2.75, 3.05) is 16.8 Å². The Hall–Kier alpha value is -2.88. The van der Waals surface area contributed by atoms with Crippen LogP contribution in [0.4, 0.5) is 17.5 Å². The lowest BCUT2D eigenvalue weighted by atomic mass is 10.2. The molecular formula is C19H20N4. The van der Waals surface area contributed by atoms with Crippen molar-refractivity contribution < 1.29 is 0 Å². The number of benzene rings is 2. The molecule has 0 aliphatic carbocycles. The first-order valence-corrected chi connectivity index (χ1v) is 7.80. The van der Waals surface area contributed by atoms with Crippen LogP contribution in [0.5, 0.6) is 0 Å². The van der Waals surface area contributed by atoms with Crippen LogP contribution in [0.1, 0.15) is 12.5 Å². The third-order valence-electron chi connectivity index (χ3n) is 3.59. The maximum atomic E-state index is 4.64. The number of aromatic nitrogens is 2. The second kappa shape index (κ2) is 7.40. The molecule has 23 heavy (non-hydrogen) atoms. The summed E-state index contributed by atoms with van der Waals surface area (Å²) in [5.41, 5.74) is 2.33. The second-order valence-corrected chi connectivity index (χ2v) is 5.16. The van der Waals surface area contributed by atoms with E-state index in [1.807, 2.05) is 42.5 Å². The molecule has 0 spiro atoms. The van der Waals surface area contributed by atoms with Crippen molar-refractivity contribution in [3.63, 3.8) is 0 Å². The van der Waals surface area contributed by atoms with Crippen molar-refractivity contribution >= 4 is 17.5 Å². The van der Waals surface area contributed by atoms with Gasteiger partial charge in [0, 0.05) is 25.0 Å². The molecule has 0 radical (unpaired) electrons. The average Bonchev–Trinajstić information content (AvgIpc) is 2.63. The van der Waals surface area contributed by atoms with Crippen molar-refractivity contribution in [3.8, 4) is 0 Å². The number of nitrogens with zero attached hydrogens (tertiary/aromatic N) is 3. The molecule has 0 saturated carbocycles. The summed E-state index contributed by atoms with van der Waals surface area (Å²) in [6.45, 7) is 3.67. The minimum absolute atomic E-state index is 0.640. The van der Waals surface area contributed by atoms with E-state index in [0.717, 1.165) is 18.1 Å². The van der Waals surface area contributed by atoms with Crippen molar-refractivity contribution in [3.05, 3.63) is 78.5 Å². The second-order valence-electron chi connectivity index (χ2n) is 5.16. The lowest BCUT2D eigenvalue weighted by Gasteiger charge is -2.22. The summed E-state index contributed by atoms with van der Waals surface area (Å²) in [7, 11) is 0. The highest BCUT2D eigenvalue weighted by Crippen LogP contribution is 2.23. The normalized spacial score (nSPS) is 10.3. The molecule has 0 aliphatic rings. The largest absolute Gasteiger partial charge is 0.350 e.